The first kappa shape index (κ1) is 12.0. The molecule has 1 N–H and O–H groups in total. The predicted octanol–water partition coefficient (Wildman–Crippen LogP) is 1.67. The van der Waals surface area contributed by atoms with E-state index in [0.717, 1.165) is 0 Å². The standard InChI is InChI=1S/C13H16FNO2/c1-9(2)13(17)7-15(8-13)12(16)10-3-5-11(14)6-4-10/h3-6,9,17H,7-8H2,1-2H3. The second kappa shape index (κ2) is 4.11. The van der Waals surface area contributed by atoms with Crippen LogP contribution in [0.25, 0.3) is 0 Å². The van der Waals surface area contributed by atoms with Crippen molar-refractivity contribution in [3.63, 3.8) is 0 Å². The fourth-order valence-electron chi connectivity index (χ4n) is 1.90. The molecule has 17 heavy (non-hydrogen) atoms. The van der Waals surface area contributed by atoms with Crippen LogP contribution in [0.15, 0.2) is 24.3 Å². The highest BCUT2D eigenvalue weighted by Crippen LogP contribution is 2.29. The highest BCUT2D eigenvalue weighted by atomic mass is 19.1. The molecule has 92 valence electrons. The highest BCUT2D eigenvalue weighted by Gasteiger charge is 2.45. The van der Waals surface area contributed by atoms with Gasteiger partial charge in [0.2, 0.25) is 0 Å². The molecular formula is C13H16FNO2. The van der Waals surface area contributed by atoms with Crippen molar-refractivity contribution in [2.75, 3.05) is 13.1 Å². The Morgan fingerprint density at radius 2 is 1.88 bits per heavy atom. The largest absolute Gasteiger partial charge is 0.386 e. The normalized spacial score (nSPS) is 18.1. The van der Waals surface area contributed by atoms with Gasteiger partial charge in [-0.05, 0) is 30.2 Å². The summed E-state index contributed by atoms with van der Waals surface area (Å²) in [7, 11) is 0. The zero-order chi connectivity index (χ0) is 12.6. The molecule has 1 amide bonds. The number of aliphatic hydroxyl groups is 1. The molecule has 0 saturated carbocycles. The Morgan fingerprint density at radius 1 is 1.35 bits per heavy atom. The Labute approximate surface area is 99.9 Å². The molecule has 1 heterocycles. The molecule has 1 aromatic rings. The summed E-state index contributed by atoms with van der Waals surface area (Å²) in [6.45, 7) is 4.56. The lowest BCUT2D eigenvalue weighted by molar-refractivity contribution is -0.110. The smallest absolute Gasteiger partial charge is 0.254 e. The Balaban J connectivity index is 2.02. The van der Waals surface area contributed by atoms with Crippen molar-refractivity contribution in [3.8, 4) is 0 Å². The molecule has 1 saturated heterocycles. The Bertz CT molecular complexity index is 422. The fraction of sp³-hybridized carbons (Fsp3) is 0.462. The minimum absolute atomic E-state index is 0.125. The van der Waals surface area contributed by atoms with Crippen molar-refractivity contribution in [1.29, 1.82) is 0 Å². The van der Waals surface area contributed by atoms with Crippen molar-refractivity contribution < 1.29 is 14.3 Å². The van der Waals surface area contributed by atoms with Gasteiger partial charge in [0.05, 0.1) is 13.1 Å². The van der Waals surface area contributed by atoms with E-state index in [1.807, 2.05) is 13.8 Å². The summed E-state index contributed by atoms with van der Waals surface area (Å²) >= 11 is 0. The van der Waals surface area contributed by atoms with E-state index in [4.69, 9.17) is 0 Å². The average Bonchev–Trinajstić information content (AvgIpc) is 2.24. The van der Waals surface area contributed by atoms with E-state index >= 15 is 0 Å². The van der Waals surface area contributed by atoms with Crippen LogP contribution < -0.4 is 0 Å². The third-order valence-corrected chi connectivity index (χ3v) is 3.38. The lowest BCUT2D eigenvalue weighted by Gasteiger charge is -2.49. The summed E-state index contributed by atoms with van der Waals surface area (Å²) in [5.74, 6) is -0.390. The van der Waals surface area contributed by atoms with Gasteiger partial charge in [0, 0.05) is 5.56 Å². The maximum atomic E-state index is 12.7. The first-order chi connectivity index (χ1) is 7.92. The van der Waals surface area contributed by atoms with Crippen molar-refractivity contribution >= 4 is 5.91 Å². The van der Waals surface area contributed by atoms with Gasteiger partial charge >= 0.3 is 0 Å². The van der Waals surface area contributed by atoms with Crippen LogP contribution in [-0.2, 0) is 0 Å². The SMILES string of the molecule is CC(C)C1(O)CN(C(=O)c2ccc(F)cc2)C1. The number of carbonyl (C=O) groups is 1. The van der Waals surface area contributed by atoms with Crippen molar-refractivity contribution in [3.05, 3.63) is 35.6 Å². The molecule has 0 unspecified atom stereocenters. The van der Waals surface area contributed by atoms with Crippen LogP contribution in [0.3, 0.4) is 0 Å². The molecule has 1 aliphatic heterocycles. The van der Waals surface area contributed by atoms with E-state index < -0.39 is 5.60 Å². The zero-order valence-electron chi connectivity index (χ0n) is 9.98. The predicted molar refractivity (Wildman–Crippen MR) is 62.1 cm³/mol. The van der Waals surface area contributed by atoms with E-state index in [0.29, 0.717) is 18.7 Å². The molecule has 0 aromatic heterocycles. The molecule has 1 aromatic carbocycles. The average molecular weight is 237 g/mol. The highest BCUT2D eigenvalue weighted by molar-refractivity contribution is 5.94. The van der Waals surface area contributed by atoms with Crippen LogP contribution in [0.5, 0.6) is 0 Å². The van der Waals surface area contributed by atoms with Crippen LogP contribution in [0.1, 0.15) is 24.2 Å². The number of hydrogen-bond donors (Lipinski definition) is 1. The molecule has 0 radical (unpaired) electrons. The molecule has 0 spiro atoms. The minimum atomic E-state index is -0.768. The zero-order valence-corrected chi connectivity index (χ0v) is 9.98. The van der Waals surface area contributed by atoms with Gasteiger partial charge in [-0.15, -0.1) is 0 Å². The number of rotatable bonds is 2. The molecular weight excluding hydrogens is 221 g/mol. The quantitative estimate of drug-likeness (QED) is 0.850. The lowest BCUT2D eigenvalue weighted by atomic mass is 9.82. The topological polar surface area (TPSA) is 40.5 Å². The van der Waals surface area contributed by atoms with Crippen LogP contribution in [-0.4, -0.2) is 34.6 Å². The number of β-amino-alcohol motifs (C(OH)–C–C–N with tert-alkyl or cyclic N) is 1. The van der Waals surface area contributed by atoms with E-state index in [-0.39, 0.29) is 17.6 Å². The van der Waals surface area contributed by atoms with Crippen LogP contribution in [0.2, 0.25) is 0 Å². The van der Waals surface area contributed by atoms with Gasteiger partial charge in [0.1, 0.15) is 11.4 Å². The summed E-state index contributed by atoms with van der Waals surface area (Å²) in [4.78, 5) is 13.5. The Morgan fingerprint density at radius 3 is 2.35 bits per heavy atom. The monoisotopic (exact) mass is 237 g/mol. The first-order valence-electron chi connectivity index (χ1n) is 5.69. The molecule has 0 bridgehead atoms. The summed E-state index contributed by atoms with van der Waals surface area (Å²) < 4.78 is 12.7. The molecule has 2 rings (SSSR count). The molecule has 1 fully saturated rings. The number of carbonyl (C=O) groups excluding carboxylic acids is 1. The van der Waals surface area contributed by atoms with Gasteiger partial charge < -0.3 is 10.0 Å². The number of likely N-dealkylation sites (tertiary alicyclic amines) is 1. The van der Waals surface area contributed by atoms with E-state index in [9.17, 15) is 14.3 Å². The Kier molecular flexibility index (Phi) is 2.91. The maximum absolute atomic E-state index is 12.7. The number of hydrogen-bond acceptors (Lipinski definition) is 2. The summed E-state index contributed by atoms with van der Waals surface area (Å²) in [6, 6.07) is 5.46. The second-order valence-corrected chi connectivity index (χ2v) is 4.93. The molecule has 4 heteroatoms. The fourth-order valence-corrected chi connectivity index (χ4v) is 1.90. The summed E-state index contributed by atoms with van der Waals surface area (Å²) in [5.41, 5.74) is -0.312. The van der Waals surface area contributed by atoms with Crippen molar-refractivity contribution in [2.45, 2.75) is 19.4 Å². The summed E-state index contributed by atoms with van der Waals surface area (Å²) in [5, 5.41) is 10.0. The first-order valence-corrected chi connectivity index (χ1v) is 5.69. The van der Waals surface area contributed by atoms with Gasteiger partial charge in [-0.1, -0.05) is 13.8 Å². The molecule has 3 nitrogen and oxygen atoms in total. The molecule has 0 aliphatic carbocycles. The summed E-state index contributed by atoms with van der Waals surface area (Å²) in [6.07, 6.45) is 0. The maximum Gasteiger partial charge on any atom is 0.254 e. The van der Waals surface area contributed by atoms with Gasteiger partial charge in [-0.25, -0.2) is 4.39 Å². The Hall–Kier alpha value is -1.42. The van der Waals surface area contributed by atoms with Gasteiger partial charge in [-0.2, -0.15) is 0 Å². The van der Waals surface area contributed by atoms with Gasteiger partial charge in [0.25, 0.3) is 5.91 Å². The number of halogens is 1. The van der Waals surface area contributed by atoms with Crippen LogP contribution >= 0.6 is 0 Å². The van der Waals surface area contributed by atoms with E-state index in [1.165, 1.54) is 24.3 Å². The molecule has 0 atom stereocenters. The van der Waals surface area contributed by atoms with E-state index in [2.05, 4.69) is 0 Å². The third-order valence-electron chi connectivity index (χ3n) is 3.38. The van der Waals surface area contributed by atoms with Crippen LogP contribution in [0, 0.1) is 11.7 Å². The number of amides is 1. The van der Waals surface area contributed by atoms with Crippen molar-refractivity contribution in [2.24, 2.45) is 5.92 Å². The number of nitrogens with zero attached hydrogens (tertiary/aromatic N) is 1. The van der Waals surface area contributed by atoms with Crippen molar-refractivity contribution in [1.82, 2.24) is 4.90 Å². The lowest BCUT2D eigenvalue weighted by Crippen LogP contribution is -2.65. The number of benzene rings is 1. The minimum Gasteiger partial charge on any atom is -0.386 e. The molecule has 1 aliphatic rings. The van der Waals surface area contributed by atoms with Gasteiger partial charge in [0.15, 0.2) is 0 Å². The van der Waals surface area contributed by atoms with Gasteiger partial charge in [-0.3, -0.25) is 4.79 Å². The van der Waals surface area contributed by atoms with E-state index in [1.54, 1.807) is 4.90 Å². The third kappa shape index (κ3) is 2.17. The second-order valence-electron chi connectivity index (χ2n) is 4.93. The van der Waals surface area contributed by atoms with Crippen LogP contribution in [0.4, 0.5) is 4.39 Å².